The van der Waals surface area contributed by atoms with Gasteiger partial charge in [-0.2, -0.15) is 0 Å². The summed E-state index contributed by atoms with van der Waals surface area (Å²) < 4.78 is 44.6. The van der Waals surface area contributed by atoms with Gasteiger partial charge in [0, 0.05) is 17.3 Å². The summed E-state index contributed by atoms with van der Waals surface area (Å²) in [6, 6.07) is 10.4. The summed E-state index contributed by atoms with van der Waals surface area (Å²) in [7, 11) is 0. The average Bonchev–Trinajstić information content (AvgIpc) is 2.85. The number of hydrogen-bond donors (Lipinski definition) is 2. The van der Waals surface area contributed by atoms with Crippen molar-refractivity contribution in [2.45, 2.75) is 25.4 Å². The molecule has 0 saturated heterocycles. The van der Waals surface area contributed by atoms with E-state index in [-0.39, 0.29) is 45.8 Å². The number of carboxylic acid groups (broad SMARTS) is 1. The van der Waals surface area contributed by atoms with Crippen molar-refractivity contribution in [1.82, 2.24) is 0 Å². The Balaban J connectivity index is 1.45. The normalized spacial score (nSPS) is 14.7. The standard InChI is InChI=1S/C26H21Cl2F2NO6/c1-26(2,25(33)34)17-10-14(4-6-18(17)30)31-24(32)16-5-8-20(23(28)22(16)27)35-11-15-12-36-21-9-13(29)3-7-19(21)37-15/h3-10,15H,11-12H2,1-2H3,(H,31,32)(H,33,34)/t15-/m1/s1. The van der Waals surface area contributed by atoms with Gasteiger partial charge in [-0.1, -0.05) is 23.2 Å². The van der Waals surface area contributed by atoms with Gasteiger partial charge in [-0.05, 0) is 56.3 Å². The number of hydrogen-bond acceptors (Lipinski definition) is 5. The molecule has 11 heteroatoms. The van der Waals surface area contributed by atoms with Crippen LogP contribution >= 0.6 is 23.2 Å². The molecule has 0 radical (unpaired) electrons. The first kappa shape index (κ1) is 26.5. The number of anilines is 1. The highest BCUT2D eigenvalue weighted by molar-refractivity contribution is 6.45. The summed E-state index contributed by atoms with van der Waals surface area (Å²) >= 11 is 12.7. The van der Waals surface area contributed by atoms with Crippen molar-refractivity contribution < 1.29 is 37.7 Å². The summed E-state index contributed by atoms with van der Waals surface area (Å²) in [6.45, 7) is 2.88. The van der Waals surface area contributed by atoms with Gasteiger partial charge < -0.3 is 24.6 Å². The predicted molar refractivity (Wildman–Crippen MR) is 133 cm³/mol. The molecule has 0 saturated carbocycles. The molecule has 7 nitrogen and oxygen atoms in total. The molecule has 37 heavy (non-hydrogen) atoms. The van der Waals surface area contributed by atoms with E-state index in [1.165, 1.54) is 56.3 Å². The summed E-state index contributed by atoms with van der Waals surface area (Å²) in [5, 5.41) is 11.9. The Morgan fingerprint density at radius 1 is 1.08 bits per heavy atom. The van der Waals surface area contributed by atoms with E-state index in [1.54, 1.807) is 0 Å². The largest absolute Gasteiger partial charge is 0.488 e. The van der Waals surface area contributed by atoms with Crippen molar-refractivity contribution in [2.75, 3.05) is 18.5 Å². The molecule has 1 atom stereocenters. The molecule has 1 heterocycles. The number of nitrogens with one attached hydrogen (secondary N) is 1. The van der Waals surface area contributed by atoms with Crippen LogP contribution in [0, 0.1) is 11.6 Å². The van der Waals surface area contributed by atoms with Gasteiger partial charge in [-0.15, -0.1) is 0 Å². The summed E-state index contributed by atoms with van der Waals surface area (Å²) in [5.41, 5.74) is -1.41. The number of carbonyl (C=O) groups is 2. The van der Waals surface area contributed by atoms with E-state index in [0.717, 1.165) is 6.07 Å². The second kappa shape index (κ2) is 10.4. The Morgan fingerprint density at radius 3 is 2.57 bits per heavy atom. The van der Waals surface area contributed by atoms with E-state index in [1.807, 2.05) is 0 Å². The fourth-order valence-corrected chi connectivity index (χ4v) is 4.03. The van der Waals surface area contributed by atoms with Crippen molar-refractivity contribution in [2.24, 2.45) is 0 Å². The van der Waals surface area contributed by atoms with Crippen molar-refractivity contribution in [3.05, 3.63) is 81.3 Å². The molecular weight excluding hydrogens is 531 g/mol. The molecule has 0 bridgehead atoms. The third-order valence-electron chi connectivity index (χ3n) is 5.77. The number of ether oxygens (including phenoxy) is 3. The minimum absolute atomic E-state index is 0.0136. The fraction of sp³-hybridized carbons (Fsp3) is 0.231. The Bertz CT molecular complexity index is 1380. The second-order valence-corrected chi connectivity index (χ2v) is 9.53. The molecule has 2 N–H and O–H groups in total. The smallest absolute Gasteiger partial charge is 0.313 e. The number of carbonyl (C=O) groups excluding carboxylic acids is 1. The van der Waals surface area contributed by atoms with Crippen LogP contribution in [0.2, 0.25) is 10.0 Å². The van der Waals surface area contributed by atoms with Crippen LogP contribution in [-0.2, 0) is 10.2 Å². The Kier molecular flexibility index (Phi) is 7.47. The lowest BCUT2D eigenvalue weighted by atomic mass is 9.84. The minimum Gasteiger partial charge on any atom is -0.488 e. The van der Waals surface area contributed by atoms with Crippen LogP contribution in [-0.4, -0.2) is 36.3 Å². The number of amides is 1. The lowest BCUT2D eigenvalue weighted by molar-refractivity contribution is -0.142. The van der Waals surface area contributed by atoms with Crippen LogP contribution < -0.4 is 19.5 Å². The molecule has 1 aliphatic rings. The summed E-state index contributed by atoms with van der Waals surface area (Å²) in [4.78, 5) is 24.4. The lowest BCUT2D eigenvalue weighted by Crippen LogP contribution is -2.34. The van der Waals surface area contributed by atoms with Gasteiger partial charge in [0.1, 0.15) is 35.6 Å². The number of aliphatic carboxylic acids is 1. The van der Waals surface area contributed by atoms with E-state index >= 15 is 0 Å². The van der Waals surface area contributed by atoms with Crippen LogP contribution in [0.1, 0.15) is 29.8 Å². The van der Waals surface area contributed by atoms with Crippen LogP contribution in [0.5, 0.6) is 17.2 Å². The minimum atomic E-state index is -1.52. The van der Waals surface area contributed by atoms with E-state index in [0.29, 0.717) is 11.5 Å². The topological polar surface area (TPSA) is 94.1 Å². The first-order chi connectivity index (χ1) is 17.5. The van der Waals surface area contributed by atoms with Crippen LogP contribution in [0.3, 0.4) is 0 Å². The highest BCUT2D eigenvalue weighted by Crippen LogP contribution is 2.37. The zero-order valence-corrected chi connectivity index (χ0v) is 21.1. The monoisotopic (exact) mass is 551 g/mol. The third kappa shape index (κ3) is 5.57. The number of fused-ring (bicyclic) bond motifs is 1. The highest BCUT2D eigenvalue weighted by Gasteiger charge is 2.32. The van der Waals surface area contributed by atoms with E-state index in [9.17, 15) is 23.5 Å². The van der Waals surface area contributed by atoms with Gasteiger partial charge in [-0.25, -0.2) is 8.78 Å². The predicted octanol–water partition coefficient (Wildman–Crippen LogP) is 6.10. The Hall–Kier alpha value is -3.56. The lowest BCUT2D eigenvalue weighted by Gasteiger charge is -2.26. The fourth-order valence-electron chi connectivity index (χ4n) is 3.57. The highest BCUT2D eigenvalue weighted by atomic mass is 35.5. The van der Waals surface area contributed by atoms with Gasteiger partial charge in [0.15, 0.2) is 17.6 Å². The van der Waals surface area contributed by atoms with Crippen molar-refractivity contribution in [3.8, 4) is 17.2 Å². The zero-order valence-electron chi connectivity index (χ0n) is 19.6. The molecule has 0 unspecified atom stereocenters. The van der Waals surface area contributed by atoms with Crippen molar-refractivity contribution in [3.63, 3.8) is 0 Å². The molecule has 194 valence electrons. The molecule has 0 spiro atoms. The van der Waals surface area contributed by atoms with Gasteiger partial charge >= 0.3 is 5.97 Å². The SMILES string of the molecule is CC(C)(C(=O)O)c1cc(NC(=O)c2ccc(OC[C@@H]3COc4cc(F)ccc4O3)c(Cl)c2Cl)ccc1F. The van der Waals surface area contributed by atoms with E-state index in [2.05, 4.69) is 5.32 Å². The van der Waals surface area contributed by atoms with Gasteiger partial charge in [-0.3, -0.25) is 9.59 Å². The summed E-state index contributed by atoms with van der Waals surface area (Å²) in [6.07, 6.45) is -0.501. The van der Waals surface area contributed by atoms with Crippen LogP contribution in [0.4, 0.5) is 14.5 Å². The molecule has 4 rings (SSSR count). The van der Waals surface area contributed by atoms with Gasteiger partial charge in [0.05, 0.1) is 16.0 Å². The van der Waals surface area contributed by atoms with Crippen molar-refractivity contribution >= 4 is 40.8 Å². The number of halogens is 4. The number of rotatable bonds is 7. The van der Waals surface area contributed by atoms with Crippen molar-refractivity contribution in [1.29, 1.82) is 0 Å². The maximum absolute atomic E-state index is 14.3. The quantitative estimate of drug-likeness (QED) is 0.368. The molecule has 1 amide bonds. The zero-order chi connectivity index (χ0) is 26.9. The third-order valence-corrected chi connectivity index (χ3v) is 6.64. The van der Waals surface area contributed by atoms with Crippen LogP contribution in [0.25, 0.3) is 0 Å². The number of carboxylic acids is 1. The molecule has 0 aromatic heterocycles. The first-order valence-corrected chi connectivity index (χ1v) is 11.8. The molecule has 3 aromatic rings. The maximum Gasteiger partial charge on any atom is 0.313 e. The van der Waals surface area contributed by atoms with Gasteiger partial charge in [0.2, 0.25) is 0 Å². The second-order valence-electron chi connectivity index (χ2n) is 8.77. The van der Waals surface area contributed by atoms with Gasteiger partial charge in [0.25, 0.3) is 5.91 Å². The molecule has 3 aromatic carbocycles. The molecule has 0 aliphatic carbocycles. The van der Waals surface area contributed by atoms with E-state index in [4.69, 9.17) is 37.4 Å². The summed E-state index contributed by atoms with van der Waals surface area (Å²) in [5.74, 6) is -2.13. The molecule has 0 fully saturated rings. The first-order valence-electron chi connectivity index (χ1n) is 11.0. The van der Waals surface area contributed by atoms with Crippen LogP contribution in [0.15, 0.2) is 48.5 Å². The maximum atomic E-state index is 14.3. The number of benzene rings is 3. The Morgan fingerprint density at radius 2 is 1.84 bits per heavy atom. The molecular formula is C26H21Cl2F2NO6. The molecule has 1 aliphatic heterocycles. The van der Waals surface area contributed by atoms with E-state index < -0.39 is 35.0 Å². The average molecular weight is 552 g/mol. The Labute approximate surface area is 220 Å².